The van der Waals surface area contributed by atoms with E-state index in [9.17, 15) is 0 Å². The Morgan fingerprint density at radius 2 is 1.46 bits per heavy atom. The summed E-state index contributed by atoms with van der Waals surface area (Å²) in [4.78, 5) is 0. The maximum absolute atomic E-state index is 4.06. The lowest BCUT2D eigenvalue weighted by atomic mass is 9.88. The first-order valence-corrected chi connectivity index (χ1v) is 9.61. The monoisotopic (exact) mass is 362 g/mol. The molecule has 4 aromatic carbocycles. The second kappa shape index (κ2) is 6.08. The summed E-state index contributed by atoms with van der Waals surface area (Å²) in [5, 5.41) is 7.43. The van der Waals surface area contributed by atoms with Gasteiger partial charge in [-0.1, -0.05) is 68.6 Å². The molecule has 4 aromatic rings. The van der Waals surface area contributed by atoms with E-state index in [4.69, 9.17) is 0 Å². The first-order valence-electron chi connectivity index (χ1n) is 8.61. The van der Waals surface area contributed by atoms with E-state index in [1.807, 2.05) is 12.2 Å². The van der Waals surface area contributed by atoms with Gasteiger partial charge in [-0.05, 0) is 71.9 Å². The van der Waals surface area contributed by atoms with E-state index < -0.39 is 0 Å². The van der Waals surface area contributed by atoms with Crippen LogP contribution in [0.4, 0.5) is 0 Å². The quantitative estimate of drug-likeness (QED) is 0.240. The first-order chi connectivity index (χ1) is 12.4. The molecule has 0 unspecified atom stereocenters. The Labute approximate surface area is 161 Å². The number of fused-ring (bicyclic) bond motifs is 4. The smallest absolute Gasteiger partial charge is 0.0322 e. The SMILES string of the molecule is C=Cc1cc2ccc3cc4ccccc4cc3c2c(C(C)([Si])[Si])c1C=C. The van der Waals surface area contributed by atoms with Crippen molar-refractivity contribution in [2.45, 2.75) is 11.6 Å². The van der Waals surface area contributed by atoms with Crippen molar-refractivity contribution in [1.29, 1.82) is 0 Å². The second-order valence-corrected chi connectivity index (χ2v) is 9.37. The van der Waals surface area contributed by atoms with Gasteiger partial charge in [0.25, 0.3) is 0 Å². The summed E-state index contributed by atoms with van der Waals surface area (Å²) in [6.07, 6.45) is 3.82. The topological polar surface area (TPSA) is 0 Å². The average molecular weight is 363 g/mol. The van der Waals surface area contributed by atoms with Gasteiger partial charge in [0.1, 0.15) is 0 Å². The van der Waals surface area contributed by atoms with Crippen LogP contribution in [-0.4, -0.2) is 20.5 Å². The van der Waals surface area contributed by atoms with Crippen LogP contribution >= 0.6 is 0 Å². The van der Waals surface area contributed by atoms with Gasteiger partial charge in [0, 0.05) is 20.5 Å². The summed E-state index contributed by atoms with van der Waals surface area (Å²) < 4.78 is -0.388. The molecule has 0 aliphatic rings. The summed E-state index contributed by atoms with van der Waals surface area (Å²) in [5.41, 5.74) is 3.36. The van der Waals surface area contributed by atoms with Gasteiger partial charge >= 0.3 is 0 Å². The number of hydrogen-bond acceptors (Lipinski definition) is 0. The largest absolute Gasteiger partial charge is 0.0984 e. The van der Waals surface area contributed by atoms with Crippen LogP contribution in [0.1, 0.15) is 23.6 Å². The van der Waals surface area contributed by atoms with Gasteiger partial charge in [-0.2, -0.15) is 0 Å². The molecule has 0 aliphatic carbocycles. The zero-order valence-corrected chi connectivity index (χ0v) is 16.8. The zero-order valence-electron chi connectivity index (χ0n) is 14.8. The lowest BCUT2D eigenvalue weighted by molar-refractivity contribution is 0.982. The molecular weight excluding hydrogens is 344 g/mol. The minimum Gasteiger partial charge on any atom is -0.0984 e. The molecule has 26 heavy (non-hydrogen) atoms. The summed E-state index contributed by atoms with van der Waals surface area (Å²) in [6.45, 7) is 10.2. The minimum absolute atomic E-state index is 0.388. The maximum Gasteiger partial charge on any atom is 0.0322 e. The van der Waals surface area contributed by atoms with Crippen LogP contribution in [0.3, 0.4) is 0 Å². The maximum atomic E-state index is 4.06. The number of hydrogen-bond donors (Lipinski definition) is 0. The third kappa shape index (κ3) is 2.57. The number of rotatable bonds is 3. The van der Waals surface area contributed by atoms with Crippen molar-refractivity contribution in [2.24, 2.45) is 0 Å². The number of benzene rings is 4. The lowest BCUT2D eigenvalue weighted by Gasteiger charge is -2.26. The Morgan fingerprint density at radius 1 is 0.808 bits per heavy atom. The van der Waals surface area contributed by atoms with Gasteiger partial charge in [0.05, 0.1) is 0 Å². The van der Waals surface area contributed by atoms with E-state index in [0.717, 1.165) is 11.1 Å². The van der Waals surface area contributed by atoms with E-state index in [2.05, 4.69) is 95.2 Å². The van der Waals surface area contributed by atoms with E-state index in [0.29, 0.717) is 0 Å². The average Bonchev–Trinajstić information content (AvgIpc) is 2.63. The van der Waals surface area contributed by atoms with Crippen molar-refractivity contribution in [2.75, 3.05) is 0 Å². The predicted octanol–water partition coefficient (Wildman–Crippen LogP) is 5.94. The van der Waals surface area contributed by atoms with Crippen LogP contribution in [0.2, 0.25) is 0 Å². The zero-order chi connectivity index (χ0) is 18.5. The Kier molecular flexibility index (Phi) is 3.98. The highest BCUT2D eigenvalue weighted by atomic mass is 28.2. The second-order valence-electron chi connectivity index (χ2n) is 6.87. The van der Waals surface area contributed by atoms with Crippen LogP contribution in [0.5, 0.6) is 0 Å². The van der Waals surface area contributed by atoms with Crippen LogP contribution in [-0.2, 0) is 4.66 Å². The fraction of sp³-hybridized carbons (Fsp3) is 0.0833. The van der Waals surface area contributed by atoms with Crippen LogP contribution in [0.15, 0.2) is 67.8 Å². The normalized spacial score (nSPS) is 12.0. The van der Waals surface area contributed by atoms with Crippen LogP contribution in [0, 0.1) is 0 Å². The van der Waals surface area contributed by atoms with Crippen LogP contribution < -0.4 is 0 Å². The van der Waals surface area contributed by atoms with Crippen molar-refractivity contribution >= 4 is 65.0 Å². The predicted molar refractivity (Wildman–Crippen MR) is 118 cm³/mol. The van der Waals surface area contributed by atoms with Crippen molar-refractivity contribution in [3.8, 4) is 0 Å². The molecule has 0 heterocycles. The fourth-order valence-electron chi connectivity index (χ4n) is 3.86. The summed E-state index contributed by atoms with van der Waals surface area (Å²) in [7, 11) is 7.78. The van der Waals surface area contributed by atoms with Crippen molar-refractivity contribution in [3.05, 3.63) is 84.4 Å². The van der Waals surface area contributed by atoms with Crippen molar-refractivity contribution < 1.29 is 0 Å². The molecule has 122 valence electrons. The standard InChI is InChI=1S/C24H18Si2/c1-4-15-12-19-11-10-18-13-16-8-6-7-9-17(16)14-21(18)22(19)23(20(15)5-2)24(3,25)26/h4-14H,1-2H2,3H3. The van der Waals surface area contributed by atoms with Crippen molar-refractivity contribution in [3.63, 3.8) is 0 Å². The van der Waals surface area contributed by atoms with Gasteiger partial charge in [-0.15, -0.1) is 0 Å². The molecule has 0 amide bonds. The van der Waals surface area contributed by atoms with E-state index in [1.54, 1.807) is 0 Å². The summed E-state index contributed by atoms with van der Waals surface area (Å²) >= 11 is 0. The van der Waals surface area contributed by atoms with Crippen molar-refractivity contribution in [1.82, 2.24) is 0 Å². The summed E-state index contributed by atoms with van der Waals surface area (Å²) in [5.74, 6) is 0. The Morgan fingerprint density at radius 3 is 2.08 bits per heavy atom. The van der Waals surface area contributed by atoms with E-state index in [-0.39, 0.29) is 4.66 Å². The molecule has 0 aliphatic heterocycles. The molecule has 0 N–H and O–H groups in total. The molecular formula is C24H18Si2. The van der Waals surface area contributed by atoms with E-state index in [1.165, 1.54) is 37.9 Å². The van der Waals surface area contributed by atoms with Gasteiger partial charge in [-0.3, -0.25) is 0 Å². The highest BCUT2D eigenvalue weighted by Gasteiger charge is 2.23. The van der Waals surface area contributed by atoms with Gasteiger partial charge in [-0.25, -0.2) is 0 Å². The molecule has 0 saturated carbocycles. The molecule has 0 aromatic heterocycles. The third-order valence-corrected chi connectivity index (χ3v) is 5.48. The van der Waals surface area contributed by atoms with Gasteiger partial charge in [0.15, 0.2) is 0 Å². The molecule has 6 radical (unpaired) electrons. The summed E-state index contributed by atoms with van der Waals surface area (Å²) in [6, 6.07) is 19.6. The Balaban J connectivity index is 2.30. The highest BCUT2D eigenvalue weighted by molar-refractivity contribution is 6.41. The molecule has 0 saturated heterocycles. The molecule has 0 spiro atoms. The van der Waals surface area contributed by atoms with Gasteiger partial charge in [0.2, 0.25) is 0 Å². The van der Waals surface area contributed by atoms with Gasteiger partial charge < -0.3 is 0 Å². The molecule has 0 atom stereocenters. The third-order valence-electron chi connectivity index (χ3n) is 4.98. The lowest BCUT2D eigenvalue weighted by Crippen LogP contribution is -2.24. The molecule has 0 nitrogen and oxygen atoms in total. The minimum atomic E-state index is -0.388. The van der Waals surface area contributed by atoms with Crippen LogP contribution in [0.25, 0.3) is 44.5 Å². The Bertz CT molecular complexity index is 1190. The Hall–Kier alpha value is -2.43. The molecule has 0 bridgehead atoms. The first kappa shape index (κ1) is 17.0. The highest BCUT2D eigenvalue weighted by Crippen LogP contribution is 2.39. The fourth-order valence-corrected chi connectivity index (χ4v) is 4.38. The molecule has 2 heteroatoms. The van der Waals surface area contributed by atoms with E-state index >= 15 is 0 Å². The molecule has 0 fully saturated rings. The molecule has 4 rings (SSSR count).